The highest BCUT2D eigenvalue weighted by atomic mass is 16.6. The number of rotatable bonds is 5. The van der Waals surface area contributed by atoms with E-state index in [9.17, 15) is 4.79 Å². The monoisotopic (exact) mass is 423 g/mol. The number of carbonyl (C=O) groups excluding carboxylic acids is 1. The first kappa shape index (κ1) is 20.1. The lowest BCUT2D eigenvalue weighted by atomic mass is 9.77. The largest absolute Gasteiger partial charge is 0.486 e. The molecule has 1 amide bonds. The highest BCUT2D eigenvalue weighted by Crippen LogP contribution is 2.44. The number of fused-ring (bicyclic) bond motifs is 1. The van der Waals surface area contributed by atoms with Crippen molar-refractivity contribution in [2.45, 2.75) is 37.6 Å². The van der Waals surface area contributed by atoms with Gasteiger partial charge in [0.1, 0.15) is 19.0 Å². The molecule has 1 saturated carbocycles. The Hall–Kier alpha value is -2.80. The average molecular weight is 424 g/mol. The van der Waals surface area contributed by atoms with Gasteiger partial charge >= 0.3 is 0 Å². The van der Waals surface area contributed by atoms with Crippen LogP contribution in [0.5, 0.6) is 11.5 Å². The summed E-state index contributed by atoms with van der Waals surface area (Å²) < 4.78 is 16.8. The van der Waals surface area contributed by atoms with Crippen LogP contribution in [0.1, 0.15) is 36.8 Å². The summed E-state index contributed by atoms with van der Waals surface area (Å²) in [7, 11) is 0. The van der Waals surface area contributed by atoms with Crippen LogP contribution >= 0.6 is 0 Å². The minimum atomic E-state index is -0.503. The number of benzene rings is 1. The number of anilines is 1. The molecular formula is C24H29N3O4. The Bertz CT molecular complexity index is 919. The predicted molar refractivity (Wildman–Crippen MR) is 117 cm³/mol. The first-order valence-corrected chi connectivity index (χ1v) is 11.2. The molecule has 5 rings (SSSR count). The number of nitrogens with zero attached hydrogens (tertiary/aromatic N) is 2. The van der Waals surface area contributed by atoms with E-state index in [0.29, 0.717) is 19.8 Å². The molecule has 0 bridgehead atoms. The smallest absolute Gasteiger partial charge is 0.230 e. The van der Waals surface area contributed by atoms with E-state index < -0.39 is 5.41 Å². The molecule has 1 N–H and O–H groups in total. The van der Waals surface area contributed by atoms with E-state index in [0.717, 1.165) is 80.4 Å². The van der Waals surface area contributed by atoms with Gasteiger partial charge in [-0.1, -0.05) is 25.0 Å². The maximum Gasteiger partial charge on any atom is 0.230 e. The number of ether oxygens (including phenoxy) is 3. The van der Waals surface area contributed by atoms with Gasteiger partial charge in [-0.3, -0.25) is 4.79 Å². The van der Waals surface area contributed by atoms with E-state index in [-0.39, 0.29) is 5.91 Å². The van der Waals surface area contributed by atoms with Crippen LogP contribution in [0.4, 0.5) is 5.82 Å². The van der Waals surface area contributed by atoms with Gasteiger partial charge in [-0.15, -0.1) is 0 Å². The molecule has 1 aromatic carbocycles. The third kappa shape index (κ3) is 4.06. The Kier molecular flexibility index (Phi) is 5.68. The first-order valence-electron chi connectivity index (χ1n) is 11.2. The second-order valence-corrected chi connectivity index (χ2v) is 8.45. The molecule has 0 unspecified atom stereocenters. The molecule has 164 valence electrons. The molecule has 2 aromatic rings. The molecule has 3 aliphatic rings. The van der Waals surface area contributed by atoms with E-state index in [1.165, 1.54) is 0 Å². The quantitative estimate of drug-likeness (QED) is 0.797. The summed E-state index contributed by atoms with van der Waals surface area (Å²) in [6.45, 7) is 4.78. The summed E-state index contributed by atoms with van der Waals surface area (Å²) in [5.74, 6) is 2.54. The minimum Gasteiger partial charge on any atom is -0.486 e. The van der Waals surface area contributed by atoms with Crippen LogP contribution in [0.15, 0.2) is 36.5 Å². The number of hydrogen-bond acceptors (Lipinski definition) is 6. The summed E-state index contributed by atoms with van der Waals surface area (Å²) in [5.41, 5.74) is 1.52. The van der Waals surface area contributed by atoms with Crippen molar-refractivity contribution in [2.24, 2.45) is 0 Å². The number of amides is 1. The van der Waals surface area contributed by atoms with Crippen molar-refractivity contribution in [2.75, 3.05) is 44.4 Å². The van der Waals surface area contributed by atoms with Crippen LogP contribution in [0, 0.1) is 0 Å². The second kappa shape index (κ2) is 8.75. The van der Waals surface area contributed by atoms with Crippen molar-refractivity contribution < 1.29 is 19.0 Å². The van der Waals surface area contributed by atoms with Gasteiger partial charge in [-0.25, -0.2) is 4.98 Å². The Labute approximate surface area is 182 Å². The number of hydrogen-bond donors (Lipinski definition) is 1. The summed E-state index contributed by atoms with van der Waals surface area (Å²) >= 11 is 0. The van der Waals surface area contributed by atoms with Crippen LogP contribution < -0.4 is 19.7 Å². The maximum atomic E-state index is 13.4. The molecule has 3 heterocycles. The fourth-order valence-corrected chi connectivity index (χ4v) is 4.82. The summed E-state index contributed by atoms with van der Waals surface area (Å²) in [6, 6.07) is 10.0. The van der Waals surface area contributed by atoms with Crippen molar-refractivity contribution in [3.05, 3.63) is 47.7 Å². The Morgan fingerprint density at radius 1 is 1.00 bits per heavy atom. The van der Waals surface area contributed by atoms with Crippen LogP contribution in [-0.2, 0) is 21.5 Å². The molecule has 1 aliphatic carbocycles. The van der Waals surface area contributed by atoms with E-state index in [1.807, 2.05) is 36.5 Å². The molecule has 1 aromatic heterocycles. The molecule has 0 spiro atoms. The van der Waals surface area contributed by atoms with E-state index in [4.69, 9.17) is 14.2 Å². The number of morpholine rings is 1. The van der Waals surface area contributed by atoms with Crippen LogP contribution in [0.3, 0.4) is 0 Å². The fraction of sp³-hybridized carbons (Fsp3) is 0.500. The third-order valence-corrected chi connectivity index (χ3v) is 6.58. The highest BCUT2D eigenvalue weighted by molar-refractivity contribution is 5.88. The molecule has 1 saturated heterocycles. The predicted octanol–water partition coefficient (Wildman–Crippen LogP) is 2.82. The van der Waals surface area contributed by atoms with Gasteiger partial charge in [-0.2, -0.15) is 0 Å². The van der Waals surface area contributed by atoms with Crippen LogP contribution in [-0.4, -0.2) is 50.4 Å². The van der Waals surface area contributed by atoms with Crippen molar-refractivity contribution in [1.29, 1.82) is 0 Å². The lowest BCUT2D eigenvalue weighted by molar-refractivity contribution is -0.126. The van der Waals surface area contributed by atoms with Crippen molar-refractivity contribution >= 4 is 11.7 Å². The van der Waals surface area contributed by atoms with Gasteiger partial charge in [0, 0.05) is 25.8 Å². The molecule has 2 fully saturated rings. The number of carbonyl (C=O) groups is 1. The zero-order valence-corrected chi connectivity index (χ0v) is 17.8. The van der Waals surface area contributed by atoms with E-state index in [2.05, 4.69) is 15.2 Å². The van der Waals surface area contributed by atoms with Gasteiger partial charge in [0.15, 0.2) is 11.5 Å². The first-order chi connectivity index (χ1) is 15.2. The zero-order chi connectivity index (χ0) is 21.1. The van der Waals surface area contributed by atoms with Gasteiger partial charge in [0.2, 0.25) is 5.91 Å². The standard InChI is InChI=1S/C24H29N3O4/c28-23(26-17-18-3-6-22(25-16-18)27-9-11-29-12-10-27)24(7-1-2-8-24)19-4-5-20-21(15-19)31-14-13-30-20/h3-6,15-16H,1-2,7-14,17H2,(H,26,28). The number of aromatic nitrogens is 1. The topological polar surface area (TPSA) is 72.9 Å². The van der Waals surface area contributed by atoms with Crippen LogP contribution in [0.2, 0.25) is 0 Å². The summed E-state index contributed by atoms with van der Waals surface area (Å²) in [4.78, 5) is 20.2. The molecular weight excluding hydrogens is 394 g/mol. The average Bonchev–Trinajstić information content (AvgIpc) is 3.34. The third-order valence-electron chi connectivity index (χ3n) is 6.58. The zero-order valence-electron chi connectivity index (χ0n) is 17.8. The Balaban J connectivity index is 1.28. The van der Waals surface area contributed by atoms with E-state index in [1.54, 1.807) is 0 Å². The van der Waals surface area contributed by atoms with Gasteiger partial charge in [0.25, 0.3) is 0 Å². The van der Waals surface area contributed by atoms with Crippen molar-refractivity contribution in [3.8, 4) is 11.5 Å². The van der Waals surface area contributed by atoms with Gasteiger partial charge < -0.3 is 24.4 Å². The highest BCUT2D eigenvalue weighted by Gasteiger charge is 2.43. The molecule has 0 atom stereocenters. The minimum absolute atomic E-state index is 0.0823. The summed E-state index contributed by atoms with van der Waals surface area (Å²) in [5, 5.41) is 3.17. The molecule has 2 aliphatic heterocycles. The molecule has 7 nitrogen and oxygen atoms in total. The normalized spacial score (nSPS) is 19.8. The lowest BCUT2D eigenvalue weighted by Crippen LogP contribution is -2.42. The molecule has 7 heteroatoms. The second-order valence-electron chi connectivity index (χ2n) is 8.45. The van der Waals surface area contributed by atoms with Crippen molar-refractivity contribution in [1.82, 2.24) is 10.3 Å². The number of pyridine rings is 1. The Morgan fingerprint density at radius 3 is 2.52 bits per heavy atom. The fourth-order valence-electron chi connectivity index (χ4n) is 4.82. The van der Waals surface area contributed by atoms with Crippen LogP contribution in [0.25, 0.3) is 0 Å². The number of nitrogens with one attached hydrogen (secondary N) is 1. The lowest BCUT2D eigenvalue weighted by Gasteiger charge is -2.30. The Morgan fingerprint density at radius 2 is 1.77 bits per heavy atom. The molecule has 31 heavy (non-hydrogen) atoms. The molecule has 0 radical (unpaired) electrons. The van der Waals surface area contributed by atoms with Crippen molar-refractivity contribution in [3.63, 3.8) is 0 Å². The van der Waals surface area contributed by atoms with Gasteiger partial charge in [0.05, 0.1) is 18.6 Å². The van der Waals surface area contributed by atoms with Gasteiger partial charge in [-0.05, 0) is 42.2 Å². The summed E-state index contributed by atoms with van der Waals surface area (Å²) in [6.07, 6.45) is 5.67. The SMILES string of the molecule is O=C(NCc1ccc(N2CCOCC2)nc1)C1(c2ccc3c(c2)OCCO3)CCCC1. The maximum absolute atomic E-state index is 13.4. The van der Waals surface area contributed by atoms with E-state index >= 15 is 0 Å².